The maximum atomic E-state index is 10.3. The molecule has 3 N–H and O–H groups in total. The summed E-state index contributed by atoms with van der Waals surface area (Å²) in [6.45, 7) is 1.64. The standard InChI is InChI=1S/C13H14ClNO/c1-13(16,7-6-9-2-3-9)11-8-10(14)4-5-12(11)15/h4-5,8-9,16H,2-3,15H2,1H3/t13-/m0/s1. The molecule has 1 aliphatic carbocycles. The molecule has 0 amide bonds. The summed E-state index contributed by atoms with van der Waals surface area (Å²) in [5, 5.41) is 10.8. The first-order chi connectivity index (χ1) is 7.49. The van der Waals surface area contributed by atoms with E-state index in [1.165, 1.54) is 0 Å². The molecule has 1 saturated carbocycles. The Morgan fingerprint density at radius 1 is 1.50 bits per heavy atom. The van der Waals surface area contributed by atoms with Crippen molar-refractivity contribution in [2.24, 2.45) is 5.92 Å². The van der Waals surface area contributed by atoms with Crippen LogP contribution in [0, 0.1) is 17.8 Å². The van der Waals surface area contributed by atoms with E-state index in [0.29, 0.717) is 22.2 Å². The van der Waals surface area contributed by atoms with E-state index < -0.39 is 5.60 Å². The van der Waals surface area contributed by atoms with E-state index in [2.05, 4.69) is 11.8 Å². The van der Waals surface area contributed by atoms with Gasteiger partial charge in [0.1, 0.15) is 5.60 Å². The summed E-state index contributed by atoms with van der Waals surface area (Å²) in [5.41, 5.74) is 5.68. The van der Waals surface area contributed by atoms with Crippen molar-refractivity contribution in [3.63, 3.8) is 0 Å². The molecule has 0 spiro atoms. The summed E-state index contributed by atoms with van der Waals surface area (Å²) in [6, 6.07) is 5.05. The van der Waals surface area contributed by atoms with Crippen LogP contribution in [0.25, 0.3) is 0 Å². The van der Waals surface area contributed by atoms with Gasteiger partial charge in [0.2, 0.25) is 0 Å². The minimum Gasteiger partial charge on any atom is -0.398 e. The third-order valence-electron chi connectivity index (χ3n) is 2.64. The molecular formula is C13H14ClNO. The molecule has 0 saturated heterocycles. The first-order valence-corrected chi connectivity index (χ1v) is 5.67. The van der Waals surface area contributed by atoms with Crippen LogP contribution in [0.2, 0.25) is 5.02 Å². The number of nitrogen functional groups attached to an aromatic ring is 1. The van der Waals surface area contributed by atoms with E-state index in [0.717, 1.165) is 12.8 Å². The van der Waals surface area contributed by atoms with Gasteiger partial charge in [-0.3, -0.25) is 0 Å². The Labute approximate surface area is 100 Å². The van der Waals surface area contributed by atoms with E-state index >= 15 is 0 Å². The minimum absolute atomic E-state index is 0.451. The Morgan fingerprint density at radius 3 is 2.81 bits per heavy atom. The number of hydrogen-bond donors (Lipinski definition) is 2. The van der Waals surface area contributed by atoms with Crippen molar-refractivity contribution < 1.29 is 5.11 Å². The monoisotopic (exact) mass is 235 g/mol. The number of anilines is 1. The molecule has 1 aliphatic rings. The number of benzene rings is 1. The van der Waals surface area contributed by atoms with Gasteiger partial charge in [0.05, 0.1) is 0 Å². The van der Waals surface area contributed by atoms with E-state index in [4.69, 9.17) is 17.3 Å². The van der Waals surface area contributed by atoms with Crippen LogP contribution in [0.5, 0.6) is 0 Å². The summed E-state index contributed by atoms with van der Waals surface area (Å²) in [5.74, 6) is 6.37. The Balaban J connectivity index is 2.34. The van der Waals surface area contributed by atoms with Gasteiger partial charge < -0.3 is 10.8 Å². The highest BCUT2D eigenvalue weighted by Gasteiger charge is 2.25. The van der Waals surface area contributed by atoms with E-state index in [9.17, 15) is 5.11 Å². The largest absolute Gasteiger partial charge is 0.398 e. The number of hydrogen-bond acceptors (Lipinski definition) is 2. The fourth-order valence-corrected chi connectivity index (χ4v) is 1.66. The lowest BCUT2D eigenvalue weighted by atomic mass is 9.95. The van der Waals surface area contributed by atoms with Gasteiger partial charge >= 0.3 is 0 Å². The summed E-state index contributed by atoms with van der Waals surface area (Å²) in [4.78, 5) is 0. The zero-order valence-corrected chi connectivity index (χ0v) is 9.88. The molecule has 2 rings (SSSR count). The van der Waals surface area contributed by atoms with Crippen LogP contribution >= 0.6 is 11.6 Å². The lowest BCUT2D eigenvalue weighted by Crippen LogP contribution is -2.20. The highest BCUT2D eigenvalue weighted by Crippen LogP contribution is 2.31. The first kappa shape index (κ1) is 11.3. The molecule has 84 valence electrons. The Bertz CT molecular complexity index is 467. The lowest BCUT2D eigenvalue weighted by molar-refractivity contribution is 0.123. The molecule has 0 bridgehead atoms. The Hall–Kier alpha value is -1.17. The Kier molecular flexibility index (Phi) is 2.84. The molecule has 1 aromatic carbocycles. The molecule has 0 heterocycles. The maximum absolute atomic E-state index is 10.3. The number of nitrogens with two attached hydrogens (primary N) is 1. The second-order valence-corrected chi connectivity index (χ2v) is 4.78. The highest BCUT2D eigenvalue weighted by molar-refractivity contribution is 6.30. The number of rotatable bonds is 1. The van der Waals surface area contributed by atoms with Crippen LogP contribution in [-0.4, -0.2) is 5.11 Å². The van der Waals surface area contributed by atoms with Crippen molar-refractivity contribution in [1.82, 2.24) is 0 Å². The van der Waals surface area contributed by atoms with Crippen LogP contribution < -0.4 is 5.73 Å². The summed E-state index contributed by atoms with van der Waals surface area (Å²) in [7, 11) is 0. The molecule has 3 heteroatoms. The van der Waals surface area contributed by atoms with Gasteiger partial charge in [-0.2, -0.15) is 0 Å². The van der Waals surface area contributed by atoms with E-state index in [-0.39, 0.29) is 0 Å². The molecule has 0 aromatic heterocycles. The zero-order chi connectivity index (χ0) is 11.8. The van der Waals surface area contributed by atoms with Crippen molar-refractivity contribution in [1.29, 1.82) is 0 Å². The van der Waals surface area contributed by atoms with Crippen LogP contribution in [0.15, 0.2) is 18.2 Å². The highest BCUT2D eigenvalue weighted by atomic mass is 35.5. The predicted molar refractivity (Wildman–Crippen MR) is 65.9 cm³/mol. The third kappa shape index (κ3) is 2.49. The summed E-state index contributed by atoms with van der Waals surface area (Å²) in [6.07, 6.45) is 2.27. The minimum atomic E-state index is -1.22. The quantitative estimate of drug-likeness (QED) is 0.581. The van der Waals surface area contributed by atoms with Gasteiger partial charge in [-0.15, -0.1) is 0 Å². The maximum Gasteiger partial charge on any atom is 0.150 e. The van der Waals surface area contributed by atoms with Gasteiger partial charge in [0.15, 0.2) is 0 Å². The second-order valence-electron chi connectivity index (χ2n) is 4.35. The van der Waals surface area contributed by atoms with Crippen LogP contribution in [0.1, 0.15) is 25.3 Å². The molecular weight excluding hydrogens is 222 g/mol. The lowest BCUT2D eigenvalue weighted by Gasteiger charge is -2.19. The Morgan fingerprint density at radius 2 is 2.19 bits per heavy atom. The van der Waals surface area contributed by atoms with Crippen molar-refractivity contribution in [2.45, 2.75) is 25.4 Å². The first-order valence-electron chi connectivity index (χ1n) is 5.29. The number of halogens is 1. The van der Waals surface area contributed by atoms with E-state index in [1.807, 2.05) is 0 Å². The van der Waals surface area contributed by atoms with E-state index in [1.54, 1.807) is 25.1 Å². The van der Waals surface area contributed by atoms with Gasteiger partial charge in [0, 0.05) is 22.2 Å². The predicted octanol–water partition coefficient (Wildman–Crippen LogP) is 2.54. The smallest absolute Gasteiger partial charge is 0.150 e. The average molecular weight is 236 g/mol. The zero-order valence-electron chi connectivity index (χ0n) is 9.13. The molecule has 2 nitrogen and oxygen atoms in total. The molecule has 1 aromatic rings. The fourth-order valence-electron chi connectivity index (χ4n) is 1.49. The van der Waals surface area contributed by atoms with Crippen LogP contribution in [-0.2, 0) is 5.60 Å². The van der Waals surface area contributed by atoms with Crippen molar-refractivity contribution in [2.75, 3.05) is 5.73 Å². The van der Waals surface area contributed by atoms with Crippen LogP contribution in [0.4, 0.5) is 5.69 Å². The molecule has 1 fully saturated rings. The molecule has 0 aliphatic heterocycles. The molecule has 1 atom stereocenters. The SMILES string of the molecule is C[C@](O)(C#CC1CC1)c1cc(Cl)ccc1N. The van der Waals surface area contributed by atoms with Crippen molar-refractivity contribution in [3.8, 4) is 11.8 Å². The van der Waals surface area contributed by atoms with Gasteiger partial charge in [0.25, 0.3) is 0 Å². The fraction of sp³-hybridized carbons (Fsp3) is 0.385. The normalized spacial score (nSPS) is 18.4. The van der Waals surface area contributed by atoms with Crippen LogP contribution in [0.3, 0.4) is 0 Å². The van der Waals surface area contributed by atoms with Gasteiger partial charge in [-0.1, -0.05) is 23.4 Å². The average Bonchev–Trinajstić information content (AvgIpc) is 3.02. The summed E-state index contributed by atoms with van der Waals surface area (Å²) >= 11 is 5.88. The van der Waals surface area contributed by atoms with Gasteiger partial charge in [-0.05, 0) is 38.0 Å². The van der Waals surface area contributed by atoms with Crippen molar-refractivity contribution in [3.05, 3.63) is 28.8 Å². The molecule has 0 radical (unpaired) electrons. The third-order valence-corrected chi connectivity index (χ3v) is 2.87. The molecule has 16 heavy (non-hydrogen) atoms. The number of aliphatic hydroxyl groups is 1. The molecule has 0 unspecified atom stereocenters. The van der Waals surface area contributed by atoms with Gasteiger partial charge in [-0.25, -0.2) is 0 Å². The van der Waals surface area contributed by atoms with Crippen molar-refractivity contribution >= 4 is 17.3 Å². The summed E-state index contributed by atoms with van der Waals surface area (Å²) < 4.78 is 0. The second kappa shape index (κ2) is 4.01. The topological polar surface area (TPSA) is 46.2 Å².